The number of amides is 1. The molecule has 0 aliphatic carbocycles. The quantitative estimate of drug-likeness (QED) is 0.651. The Morgan fingerprint density at radius 2 is 2.54 bits per heavy atom. The molecule has 1 amide bonds. The van der Waals surface area contributed by atoms with E-state index in [0.717, 1.165) is 38.2 Å². The molecule has 0 saturated carbocycles. The van der Waals surface area contributed by atoms with Crippen molar-refractivity contribution in [2.45, 2.75) is 12.8 Å². The average molecular weight is 202 g/mol. The van der Waals surface area contributed by atoms with E-state index in [-0.39, 0.29) is 11.8 Å². The molecule has 4 heteroatoms. The Bertz CT molecular complexity index is 158. The van der Waals surface area contributed by atoms with E-state index in [0.29, 0.717) is 0 Å². The van der Waals surface area contributed by atoms with Crippen molar-refractivity contribution in [2.75, 3.05) is 31.6 Å². The minimum absolute atomic E-state index is 0.204. The Hall–Kier alpha value is -0.220. The molecule has 0 bridgehead atoms. The fraction of sp³-hybridized carbons (Fsp3) is 0.889. The highest BCUT2D eigenvalue weighted by atomic mass is 32.2. The standard InChI is InChI=1S/C9H18N2OS/c1-13-6-5-11-9(12)8-3-2-4-10-7-8/h8,10H,2-7H2,1H3,(H,11,12)/t8-/m1/s1. The van der Waals surface area contributed by atoms with Crippen LogP contribution in [0.25, 0.3) is 0 Å². The van der Waals surface area contributed by atoms with Crippen molar-refractivity contribution in [2.24, 2.45) is 5.92 Å². The summed E-state index contributed by atoms with van der Waals surface area (Å²) in [6.07, 6.45) is 4.22. The van der Waals surface area contributed by atoms with Crippen LogP contribution < -0.4 is 10.6 Å². The first-order valence-corrected chi connectivity index (χ1v) is 6.21. The number of hydrogen-bond donors (Lipinski definition) is 2. The van der Waals surface area contributed by atoms with Gasteiger partial charge in [0.05, 0.1) is 5.92 Å². The maximum Gasteiger partial charge on any atom is 0.224 e. The molecule has 0 spiro atoms. The topological polar surface area (TPSA) is 41.1 Å². The number of thioether (sulfide) groups is 1. The number of carbonyl (C=O) groups excluding carboxylic acids is 1. The monoisotopic (exact) mass is 202 g/mol. The van der Waals surface area contributed by atoms with Gasteiger partial charge in [-0.3, -0.25) is 4.79 Å². The van der Waals surface area contributed by atoms with E-state index in [9.17, 15) is 4.79 Å². The Morgan fingerprint density at radius 1 is 1.69 bits per heavy atom. The molecule has 1 rings (SSSR count). The van der Waals surface area contributed by atoms with Gasteiger partial charge in [-0.15, -0.1) is 0 Å². The van der Waals surface area contributed by atoms with Crippen LogP contribution in [0.3, 0.4) is 0 Å². The second-order valence-corrected chi connectivity index (χ2v) is 4.31. The van der Waals surface area contributed by atoms with E-state index < -0.39 is 0 Å². The number of rotatable bonds is 4. The molecule has 1 aliphatic rings. The van der Waals surface area contributed by atoms with E-state index in [4.69, 9.17) is 0 Å². The van der Waals surface area contributed by atoms with Crippen molar-refractivity contribution in [3.63, 3.8) is 0 Å². The molecule has 0 unspecified atom stereocenters. The fourth-order valence-corrected chi connectivity index (χ4v) is 1.80. The summed E-state index contributed by atoms with van der Waals surface area (Å²) in [7, 11) is 0. The molecule has 1 heterocycles. The minimum Gasteiger partial charge on any atom is -0.355 e. The third-order valence-corrected chi connectivity index (χ3v) is 2.89. The lowest BCUT2D eigenvalue weighted by atomic mass is 9.99. The highest BCUT2D eigenvalue weighted by Crippen LogP contribution is 2.09. The van der Waals surface area contributed by atoms with Crippen LogP contribution in [0.4, 0.5) is 0 Å². The van der Waals surface area contributed by atoms with Gasteiger partial charge in [0.25, 0.3) is 0 Å². The zero-order valence-corrected chi connectivity index (χ0v) is 8.95. The van der Waals surface area contributed by atoms with E-state index >= 15 is 0 Å². The SMILES string of the molecule is CSCCNC(=O)[C@@H]1CCCNC1. The van der Waals surface area contributed by atoms with Gasteiger partial charge in [-0.05, 0) is 25.6 Å². The first-order valence-electron chi connectivity index (χ1n) is 4.82. The number of piperidine rings is 1. The molecule has 0 aromatic heterocycles. The molecule has 0 aromatic carbocycles. The van der Waals surface area contributed by atoms with Crippen molar-refractivity contribution in [3.05, 3.63) is 0 Å². The third-order valence-electron chi connectivity index (χ3n) is 2.27. The number of hydrogen-bond acceptors (Lipinski definition) is 3. The van der Waals surface area contributed by atoms with Crippen LogP contribution in [0.5, 0.6) is 0 Å². The van der Waals surface area contributed by atoms with Crippen molar-refractivity contribution in [3.8, 4) is 0 Å². The normalized spacial score (nSPS) is 22.7. The molecule has 13 heavy (non-hydrogen) atoms. The van der Waals surface area contributed by atoms with Gasteiger partial charge in [-0.1, -0.05) is 0 Å². The highest BCUT2D eigenvalue weighted by Gasteiger charge is 2.19. The molecule has 1 saturated heterocycles. The van der Waals surface area contributed by atoms with Gasteiger partial charge in [-0.25, -0.2) is 0 Å². The number of nitrogens with one attached hydrogen (secondary N) is 2. The van der Waals surface area contributed by atoms with E-state index in [2.05, 4.69) is 10.6 Å². The fourth-order valence-electron chi connectivity index (χ4n) is 1.50. The summed E-state index contributed by atoms with van der Waals surface area (Å²) < 4.78 is 0. The third kappa shape index (κ3) is 4.00. The smallest absolute Gasteiger partial charge is 0.224 e. The number of carbonyl (C=O) groups is 1. The van der Waals surface area contributed by atoms with Crippen LogP contribution in [-0.2, 0) is 4.79 Å². The van der Waals surface area contributed by atoms with Gasteiger partial charge in [0.1, 0.15) is 0 Å². The molecular formula is C9H18N2OS. The first-order chi connectivity index (χ1) is 6.34. The molecule has 1 aliphatic heterocycles. The summed E-state index contributed by atoms with van der Waals surface area (Å²) in [6.45, 7) is 2.72. The Morgan fingerprint density at radius 3 is 3.15 bits per heavy atom. The van der Waals surface area contributed by atoms with Crippen LogP contribution in [0.1, 0.15) is 12.8 Å². The highest BCUT2D eigenvalue weighted by molar-refractivity contribution is 7.98. The molecular weight excluding hydrogens is 184 g/mol. The second kappa shape index (κ2) is 6.27. The predicted molar refractivity (Wildman–Crippen MR) is 57.0 cm³/mol. The van der Waals surface area contributed by atoms with E-state index in [1.807, 2.05) is 6.26 Å². The second-order valence-electron chi connectivity index (χ2n) is 3.33. The van der Waals surface area contributed by atoms with Crippen molar-refractivity contribution in [1.29, 1.82) is 0 Å². The van der Waals surface area contributed by atoms with E-state index in [1.54, 1.807) is 11.8 Å². The largest absolute Gasteiger partial charge is 0.355 e. The molecule has 3 nitrogen and oxygen atoms in total. The summed E-state index contributed by atoms with van der Waals surface area (Å²) in [5.41, 5.74) is 0. The molecule has 2 N–H and O–H groups in total. The maximum absolute atomic E-state index is 11.5. The maximum atomic E-state index is 11.5. The predicted octanol–water partition coefficient (Wildman–Crippen LogP) is 0.465. The van der Waals surface area contributed by atoms with Crippen molar-refractivity contribution >= 4 is 17.7 Å². The van der Waals surface area contributed by atoms with Crippen LogP contribution in [0.15, 0.2) is 0 Å². The Kier molecular flexibility index (Phi) is 5.23. The van der Waals surface area contributed by atoms with Gasteiger partial charge in [-0.2, -0.15) is 11.8 Å². The molecule has 1 atom stereocenters. The lowest BCUT2D eigenvalue weighted by molar-refractivity contribution is -0.125. The summed E-state index contributed by atoms with van der Waals surface area (Å²) in [5, 5.41) is 6.19. The molecule has 1 fully saturated rings. The Labute approximate surface area is 84.0 Å². The van der Waals surface area contributed by atoms with Gasteiger partial charge >= 0.3 is 0 Å². The van der Waals surface area contributed by atoms with E-state index in [1.165, 1.54) is 0 Å². The molecule has 0 aromatic rings. The zero-order valence-electron chi connectivity index (χ0n) is 8.14. The van der Waals surface area contributed by atoms with Crippen molar-refractivity contribution in [1.82, 2.24) is 10.6 Å². The van der Waals surface area contributed by atoms with Gasteiger partial charge in [0.2, 0.25) is 5.91 Å². The Balaban J connectivity index is 2.13. The van der Waals surface area contributed by atoms with Gasteiger partial charge in [0.15, 0.2) is 0 Å². The average Bonchev–Trinajstić information content (AvgIpc) is 2.19. The van der Waals surface area contributed by atoms with Crippen molar-refractivity contribution < 1.29 is 4.79 Å². The minimum atomic E-state index is 0.204. The lowest BCUT2D eigenvalue weighted by Crippen LogP contribution is -2.41. The summed E-state index contributed by atoms with van der Waals surface area (Å²) in [4.78, 5) is 11.5. The first kappa shape index (κ1) is 10.9. The molecule has 76 valence electrons. The van der Waals surface area contributed by atoms with Gasteiger partial charge < -0.3 is 10.6 Å². The van der Waals surface area contributed by atoms with Crippen LogP contribution in [-0.4, -0.2) is 37.6 Å². The zero-order chi connectivity index (χ0) is 9.52. The summed E-state index contributed by atoms with van der Waals surface area (Å²) in [5.74, 6) is 1.43. The van der Waals surface area contributed by atoms with Crippen LogP contribution >= 0.6 is 11.8 Å². The lowest BCUT2D eigenvalue weighted by Gasteiger charge is -2.21. The molecule has 0 radical (unpaired) electrons. The summed E-state index contributed by atoms with van der Waals surface area (Å²) in [6, 6.07) is 0. The summed E-state index contributed by atoms with van der Waals surface area (Å²) >= 11 is 1.76. The van der Waals surface area contributed by atoms with Crippen LogP contribution in [0.2, 0.25) is 0 Å². The van der Waals surface area contributed by atoms with Crippen LogP contribution in [0, 0.1) is 5.92 Å². The van der Waals surface area contributed by atoms with Gasteiger partial charge in [0, 0.05) is 18.8 Å².